The summed E-state index contributed by atoms with van der Waals surface area (Å²) in [5.74, 6) is -1.54. The van der Waals surface area contributed by atoms with Gasteiger partial charge in [-0.3, -0.25) is 9.59 Å². The monoisotopic (exact) mass is 386 g/mol. The summed E-state index contributed by atoms with van der Waals surface area (Å²) in [4.78, 5) is 34.9. The maximum Gasteiger partial charge on any atom is 0.331 e. The van der Waals surface area contributed by atoms with Crippen molar-refractivity contribution in [1.82, 2.24) is 10.6 Å². The van der Waals surface area contributed by atoms with E-state index in [0.29, 0.717) is 22.2 Å². The lowest BCUT2D eigenvalue weighted by molar-refractivity contribution is -0.144. The third-order valence-electron chi connectivity index (χ3n) is 3.02. The smallest absolute Gasteiger partial charge is 0.331 e. The number of ether oxygens (including phenoxy) is 1. The highest BCUT2D eigenvalue weighted by atomic mass is 35.5. The van der Waals surface area contributed by atoms with Gasteiger partial charge in [-0.1, -0.05) is 36.2 Å². The third kappa shape index (κ3) is 8.05. The lowest BCUT2D eigenvalue weighted by atomic mass is 10.2. The summed E-state index contributed by atoms with van der Waals surface area (Å²) in [6.07, 6.45) is 3.46. The van der Waals surface area contributed by atoms with E-state index in [9.17, 15) is 14.4 Å². The standard InChI is InChI=1S/C17H20Cl2N2O4/c1-3-8-20-17(24)11(2)21-15(22)10-25-16(23)7-5-12-4-6-13(18)14(19)9-12/h4-7,9,11H,3,8,10H2,1-2H3,(H,20,24)(H,21,22)/b7-5+/t11-/m0/s1. The average molecular weight is 387 g/mol. The summed E-state index contributed by atoms with van der Waals surface area (Å²) in [6.45, 7) is 3.53. The zero-order valence-electron chi connectivity index (χ0n) is 14.0. The fourth-order valence-electron chi connectivity index (χ4n) is 1.72. The van der Waals surface area contributed by atoms with E-state index in [2.05, 4.69) is 10.6 Å². The summed E-state index contributed by atoms with van der Waals surface area (Å²) in [7, 11) is 0. The van der Waals surface area contributed by atoms with Gasteiger partial charge in [0.1, 0.15) is 6.04 Å². The molecule has 0 unspecified atom stereocenters. The van der Waals surface area contributed by atoms with Crippen molar-refractivity contribution in [2.75, 3.05) is 13.2 Å². The molecule has 1 aromatic rings. The quantitative estimate of drug-likeness (QED) is 0.531. The van der Waals surface area contributed by atoms with Gasteiger partial charge >= 0.3 is 5.97 Å². The number of carbonyl (C=O) groups excluding carboxylic acids is 3. The fourth-order valence-corrected chi connectivity index (χ4v) is 2.02. The normalized spacial score (nSPS) is 11.8. The third-order valence-corrected chi connectivity index (χ3v) is 3.76. The molecule has 0 aliphatic rings. The minimum absolute atomic E-state index is 0.291. The van der Waals surface area contributed by atoms with Gasteiger partial charge in [-0.25, -0.2) is 4.79 Å². The Labute approximate surface area is 156 Å². The van der Waals surface area contributed by atoms with E-state index in [1.807, 2.05) is 6.92 Å². The fraction of sp³-hybridized carbons (Fsp3) is 0.353. The first-order valence-corrected chi connectivity index (χ1v) is 8.46. The Kier molecular flexibility index (Phi) is 9.02. The van der Waals surface area contributed by atoms with Crippen LogP contribution in [0.25, 0.3) is 6.08 Å². The van der Waals surface area contributed by atoms with E-state index in [1.165, 1.54) is 12.2 Å². The van der Waals surface area contributed by atoms with Crippen LogP contribution >= 0.6 is 23.2 Å². The molecule has 1 aromatic carbocycles. The van der Waals surface area contributed by atoms with Gasteiger partial charge in [-0.15, -0.1) is 0 Å². The Morgan fingerprint density at radius 3 is 2.60 bits per heavy atom. The molecule has 0 spiro atoms. The van der Waals surface area contributed by atoms with E-state index in [1.54, 1.807) is 25.1 Å². The van der Waals surface area contributed by atoms with E-state index in [-0.39, 0.29) is 5.91 Å². The van der Waals surface area contributed by atoms with Crippen molar-refractivity contribution in [3.8, 4) is 0 Å². The van der Waals surface area contributed by atoms with Crippen LogP contribution in [0.3, 0.4) is 0 Å². The van der Waals surface area contributed by atoms with Crippen molar-refractivity contribution >= 4 is 47.1 Å². The number of esters is 1. The first-order valence-electron chi connectivity index (χ1n) is 7.70. The van der Waals surface area contributed by atoms with Crippen LogP contribution in [0.4, 0.5) is 0 Å². The van der Waals surface area contributed by atoms with Crippen molar-refractivity contribution in [3.63, 3.8) is 0 Å². The van der Waals surface area contributed by atoms with Gasteiger partial charge in [-0.05, 0) is 37.1 Å². The van der Waals surface area contributed by atoms with Crippen LogP contribution in [0, 0.1) is 0 Å². The second-order valence-corrected chi connectivity index (χ2v) is 6.01. The van der Waals surface area contributed by atoms with E-state index in [0.717, 1.165) is 6.42 Å². The van der Waals surface area contributed by atoms with E-state index < -0.39 is 24.5 Å². The Morgan fingerprint density at radius 2 is 1.96 bits per heavy atom. The summed E-state index contributed by atoms with van der Waals surface area (Å²) >= 11 is 11.7. The molecule has 0 aliphatic carbocycles. The number of hydrogen-bond donors (Lipinski definition) is 2. The predicted octanol–water partition coefficient (Wildman–Crippen LogP) is 2.58. The Hall–Kier alpha value is -2.05. The summed E-state index contributed by atoms with van der Waals surface area (Å²) in [5, 5.41) is 5.88. The summed E-state index contributed by atoms with van der Waals surface area (Å²) in [6, 6.07) is 4.18. The molecule has 0 aromatic heterocycles. The van der Waals surface area contributed by atoms with Gasteiger partial charge in [0.15, 0.2) is 6.61 Å². The highest BCUT2D eigenvalue weighted by Crippen LogP contribution is 2.23. The van der Waals surface area contributed by atoms with Crippen molar-refractivity contribution in [3.05, 3.63) is 39.9 Å². The molecule has 0 radical (unpaired) electrons. The van der Waals surface area contributed by atoms with E-state index in [4.69, 9.17) is 27.9 Å². The maximum absolute atomic E-state index is 11.7. The van der Waals surface area contributed by atoms with Crippen LogP contribution in [-0.2, 0) is 19.1 Å². The molecule has 2 amide bonds. The van der Waals surface area contributed by atoms with Crippen LogP contribution in [0.5, 0.6) is 0 Å². The van der Waals surface area contributed by atoms with Crippen molar-refractivity contribution in [2.45, 2.75) is 26.3 Å². The van der Waals surface area contributed by atoms with Crippen LogP contribution in [0.15, 0.2) is 24.3 Å². The van der Waals surface area contributed by atoms with Crippen molar-refractivity contribution in [2.24, 2.45) is 0 Å². The van der Waals surface area contributed by atoms with Crippen LogP contribution < -0.4 is 10.6 Å². The summed E-state index contributed by atoms with van der Waals surface area (Å²) in [5.41, 5.74) is 0.664. The molecular weight excluding hydrogens is 367 g/mol. The zero-order chi connectivity index (χ0) is 18.8. The van der Waals surface area contributed by atoms with Crippen LogP contribution in [0.2, 0.25) is 10.0 Å². The number of halogens is 2. The van der Waals surface area contributed by atoms with Crippen molar-refractivity contribution in [1.29, 1.82) is 0 Å². The van der Waals surface area contributed by atoms with Gasteiger partial charge in [0.2, 0.25) is 5.91 Å². The maximum atomic E-state index is 11.7. The number of hydrogen-bond acceptors (Lipinski definition) is 4. The predicted molar refractivity (Wildman–Crippen MR) is 97.4 cm³/mol. The lowest BCUT2D eigenvalue weighted by Gasteiger charge is -2.13. The Bertz CT molecular complexity index is 662. The number of amides is 2. The molecule has 25 heavy (non-hydrogen) atoms. The minimum Gasteiger partial charge on any atom is -0.452 e. The molecule has 0 saturated carbocycles. The zero-order valence-corrected chi connectivity index (χ0v) is 15.5. The number of benzene rings is 1. The molecule has 6 nitrogen and oxygen atoms in total. The first-order chi connectivity index (χ1) is 11.8. The van der Waals surface area contributed by atoms with Gasteiger partial charge in [-0.2, -0.15) is 0 Å². The van der Waals surface area contributed by atoms with Gasteiger partial charge in [0.05, 0.1) is 10.0 Å². The molecule has 8 heteroatoms. The van der Waals surface area contributed by atoms with Gasteiger partial charge in [0, 0.05) is 12.6 Å². The number of carbonyl (C=O) groups is 3. The van der Waals surface area contributed by atoms with Crippen molar-refractivity contribution < 1.29 is 19.1 Å². The SMILES string of the molecule is CCCNC(=O)[C@H](C)NC(=O)COC(=O)/C=C/c1ccc(Cl)c(Cl)c1. The molecular formula is C17H20Cl2N2O4. The molecule has 2 N–H and O–H groups in total. The Morgan fingerprint density at radius 1 is 1.24 bits per heavy atom. The largest absolute Gasteiger partial charge is 0.452 e. The van der Waals surface area contributed by atoms with Crippen LogP contribution in [-0.4, -0.2) is 37.0 Å². The molecule has 0 heterocycles. The minimum atomic E-state index is -0.704. The van der Waals surface area contributed by atoms with Crippen LogP contribution in [0.1, 0.15) is 25.8 Å². The van der Waals surface area contributed by atoms with Gasteiger partial charge in [0.25, 0.3) is 5.91 Å². The molecule has 0 saturated heterocycles. The first kappa shape index (κ1) is 21.0. The highest BCUT2D eigenvalue weighted by molar-refractivity contribution is 6.42. The summed E-state index contributed by atoms with van der Waals surface area (Å²) < 4.78 is 4.81. The second kappa shape index (κ2) is 10.7. The van der Waals surface area contributed by atoms with E-state index >= 15 is 0 Å². The number of rotatable bonds is 8. The highest BCUT2D eigenvalue weighted by Gasteiger charge is 2.15. The molecule has 136 valence electrons. The van der Waals surface area contributed by atoms with Gasteiger partial charge < -0.3 is 15.4 Å². The molecule has 1 rings (SSSR count). The Balaban J connectivity index is 2.39. The molecule has 1 atom stereocenters. The molecule has 0 fully saturated rings. The second-order valence-electron chi connectivity index (χ2n) is 5.19. The topological polar surface area (TPSA) is 84.5 Å². The molecule has 0 bridgehead atoms. The lowest BCUT2D eigenvalue weighted by Crippen LogP contribution is -2.46. The number of nitrogens with one attached hydrogen (secondary N) is 2. The molecule has 0 aliphatic heterocycles. The average Bonchev–Trinajstić information content (AvgIpc) is 2.58.